The third-order valence-corrected chi connectivity index (χ3v) is 4.33. The Hall–Kier alpha value is -2.41. The monoisotopic (exact) mass is 376 g/mol. The van der Waals surface area contributed by atoms with Crippen LogP contribution in [0.5, 0.6) is 11.5 Å². The Morgan fingerprint density at radius 2 is 2.00 bits per heavy atom. The van der Waals surface area contributed by atoms with Gasteiger partial charge in [-0.1, -0.05) is 19.1 Å². The van der Waals surface area contributed by atoms with Crippen molar-refractivity contribution in [3.05, 3.63) is 52.4 Å². The number of rotatable bonds is 10. The van der Waals surface area contributed by atoms with E-state index in [0.717, 1.165) is 12.1 Å². The van der Waals surface area contributed by atoms with Crippen LogP contribution in [-0.4, -0.2) is 29.9 Å². The van der Waals surface area contributed by atoms with Crippen LogP contribution in [-0.2, 0) is 10.5 Å². The molecule has 0 atom stereocenters. The van der Waals surface area contributed by atoms with E-state index in [1.807, 2.05) is 32.0 Å². The van der Waals surface area contributed by atoms with Gasteiger partial charge in [-0.2, -0.15) is 0 Å². The molecule has 0 aliphatic carbocycles. The van der Waals surface area contributed by atoms with Crippen LogP contribution in [0.15, 0.2) is 41.3 Å². The average molecular weight is 376 g/mol. The van der Waals surface area contributed by atoms with E-state index in [1.165, 1.54) is 17.8 Å². The van der Waals surface area contributed by atoms with Gasteiger partial charge in [0.1, 0.15) is 5.75 Å². The van der Waals surface area contributed by atoms with Crippen molar-refractivity contribution in [3.8, 4) is 11.5 Å². The van der Waals surface area contributed by atoms with Gasteiger partial charge in [-0.25, -0.2) is 0 Å². The number of benzene rings is 1. The van der Waals surface area contributed by atoms with E-state index in [-0.39, 0.29) is 17.1 Å². The third kappa shape index (κ3) is 6.15. The van der Waals surface area contributed by atoms with E-state index in [0.29, 0.717) is 36.2 Å². The summed E-state index contributed by atoms with van der Waals surface area (Å²) in [4.78, 5) is 27.1. The fourth-order valence-corrected chi connectivity index (χ4v) is 2.95. The minimum Gasteiger partial charge on any atom is -0.492 e. The smallest absolute Gasteiger partial charge is 0.234 e. The molecule has 0 saturated heterocycles. The lowest BCUT2D eigenvalue weighted by Crippen LogP contribution is -2.15. The topological polar surface area (TPSA) is 80.4 Å². The Morgan fingerprint density at radius 1 is 1.19 bits per heavy atom. The van der Waals surface area contributed by atoms with Crippen molar-refractivity contribution >= 4 is 23.4 Å². The SMILES string of the molecule is CCCOc1c[nH]c(CSCC(=O)Nc2ccccc2OCC)cc1=O. The molecule has 7 heteroatoms. The molecule has 0 aliphatic heterocycles. The molecule has 2 rings (SSSR count). The van der Waals surface area contributed by atoms with Crippen LogP contribution < -0.4 is 20.2 Å². The Bertz CT molecular complexity index is 776. The number of carbonyl (C=O) groups is 1. The minimum atomic E-state index is -0.150. The molecule has 0 saturated carbocycles. The molecule has 0 bridgehead atoms. The summed E-state index contributed by atoms with van der Waals surface area (Å²) in [5.41, 5.74) is 1.26. The fraction of sp³-hybridized carbons (Fsp3) is 0.368. The number of anilines is 1. The maximum atomic E-state index is 12.1. The first-order chi connectivity index (χ1) is 12.6. The van der Waals surface area contributed by atoms with Crippen LogP contribution in [0, 0.1) is 0 Å². The van der Waals surface area contributed by atoms with Gasteiger partial charge < -0.3 is 19.8 Å². The summed E-state index contributed by atoms with van der Waals surface area (Å²) in [6.45, 7) is 4.93. The van der Waals surface area contributed by atoms with Crippen molar-refractivity contribution in [2.45, 2.75) is 26.0 Å². The molecule has 0 unspecified atom stereocenters. The second-order valence-corrected chi connectivity index (χ2v) is 6.49. The largest absolute Gasteiger partial charge is 0.492 e. The predicted octanol–water partition coefficient (Wildman–Crippen LogP) is 3.43. The van der Waals surface area contributed by atoms with Gasteiger partial charge in [0, 0.05) is 23.7 Å². The Balaban J connectivity index is 1.83. The second-order valence-electron chi connectivity index (χ2n) is 5.51. The number of para-hydroxylation sites is 2. The predicted molar refractivity (Wildman–Crippen MR) is 105 cm³/mol. The van der Waals surface area contributed by atoms with E-state index < -0.39 is 0 Å². The average Bonchev–Trinajstić information content (AvgIpc) is 2.63. The lowest BCUT2D eigenvalue weighted by atomic mass is 10.3. The van der Waals surface area contributed by atoms with Crippen molar-refractivity contribution in [2.24, 2.45) is 0 Å². The molecular weight excluding hydrogens is 352 g/mol. The molecule has 140 valence electrons. The maximum absolute atomic E-state index is 12.1. The molecular formula is C19H24N2O4S. The van der Waals surface area contributed by atoms with Crippen molar-refractivity contribution in [1.82, 2.24) is 4.98 Å². The van der Waals surface area contributed by atoms with Crippen LogP contribution >= 0.6 is 11.8 Å². The molecule has 26 heavy (non-hydrogen) atoms. The van der Waals surface area contributed by atoms with Crippen LogP contribution in [0.25, 0.3) is 0 Å². The van der Waals surface area contributed by atoms with E-state index >= 15 is 0 Å². The number of hydrogen-bond acceptors (Lipinski definition) is 5. The lowest BCUT2D eigenvalue weighted by molar-refractivity contribution is -0.113. The van der Waals surface area contributed by atoms with E-state index in [4.69, 9.17) is 9.47 Å². The lowest BCUT2D eigenvalue weighted by Gasteiger charge is -2.11. The van der Waals surface area contributed by atoms with E-state index in [1.54, 1.807) is 12.3 Å². The van der Waals surface area contributed by atoms with Crippen LogP contribution in [0.3, 0.4) is 0 Å². The zero-order valence-corrected chi connectivity index (χ0v) is 15.9. The summed E-state index contributed by atoms with van der Waals surface area (Å²) < 4.78 is 10.8. The minimum absolute atomic E-state index is 0.118. The number of carbonyl (C=O) groups excluding carboxylic acids is 1. The molecule has 1 aromatic carbocycles. The summed E-state index contributed by atoms with van der Waals surface area (Å²) in [5, 5.41) is 2.85. The molecule has 2 N–H and O–H groups in total. The molecule has 0 aliphatic rings. The highest BCUT2D eigenvalue weighted by atomic mass is 32.2. The number of thioether (sulfide) groups is 1. The second kappa shape index (κ2) is 10.6. The quantitative estimate of drug-likeness (QED) is 0.664. The molecule has 6 nitrogen and oxygen atoms in total. The van der Waals surface area contributed by atoms with E-state index in [9.17, 15) is 9.59 Å². The van der Waals surface area contributed by atoms with Gasteiger partial charge in [0.25, 0.3) is 0 Å². The van der Waals surface area contributed by atoms with Gasteiger partial charge in [0.05, 0.1) is 24.7 Å². The molecule has 0 radical (unpaired) electrons. The first-order valence-corrected chi connectivity index (χ1v) is 9.73. The molecule has 1 heterocycles. The zero-order chi connectivity index (χ0) is 18.8. The summed E-state index contributed by atoms with van der Waals surface area (Å²) >= 11 is 1.42. The standard InChI is InChI=1S/C19H24N2O4S/c1-3-9-25-18-11-20-14(10-16(18)22)12-26-13-19(23)21-15-7-5-6-8-17(15)24-4-2/h5-8,10-11H,3-4,9,12-13H2,1-2H3,(H,20,22)(H,21,23). The number of pyridine rings is 1. The van der Waals surface area contributed by atoms with Gasteiger partial charge in [-0.15, -0.1) is 11.8 Å². The Kier molecular flexibility index (Phi) is 8.08. The van der Waals surface area contributed by atoms with Gasteiger partial charge >= 0.3 is 0 Å². The van der Waals surface area contributed by atoms with E-state index in [2.05, 4.69) is 10.3 Å². The number of H-pyrrole nitrogens is 1. The summed E-state index contributed by atoms with van der Waals surface area (Å²) in [6, 6.07) is 8.84. The molecule has 0 fully saturated rings. The Labute approximate surface area is 157 Å². The first kappa shape index (κ1) is 19.9. The maximum Gasteiger partial charge on any atom is 0.234 e. The highest BCUT2D eigenvalue weighted by Crippen LogP contribution is 2.24. The molecule has 0 spiro atoms. The number of aromatic amines is 1. The van der Waals surface area contributed by atoms with Crippen molar-refractivity contribution in [2.75, 3.05) is 24.3 Å². The molecule has 1 amide bonds. The Morgan fingerprint density at radius 3 is 2.73 bits per heavy atom. The number of hydrogen-bond donors (Lipinski definition) is 2. The van der Waals surface area contributed by atoms with Crippen LogP contribution in [0.4, 0.5) is 5.69 Å². The van der Waals surface area contributed by atoms with Crippen molar-refractivity contribution < 1.29 is 14.3 Å². The number of nitrogens with one attached hydrogen (secondary N) is 2. The highest BCUT2D eigenvalue weighted by molar-refractivity contribution is 7.99. The normalized spacial score (nSPS) is 10.4. The number of aromatic nitrogens is 1. The summed E-state index contributed by atoms with van der Waals surface area (Å²) in [7, 11) is 0. The molecule has 2 aromatic rings. The van der Waals surface area contributed by atoms with Gasteiger partial charge in [-0.3, -0.25) is 9.59 Å². The van der Waals surface area contributed by atoms with Crippen LogP contribution in [0.2, 0.25) is 0 Å². The fourth-order valence-electron chi connectivity index (χ4n) is 2.20. The highest BCUT2D eigenvalue weighted by Gasteiger charge is 2.08. The van der Waals surface area contributed by atoms with Crippen LogP contribution in [0.1, 0.15) is 26.0 Å². The van der Waals surface area contributed by atoms with Gasteiger partial charge in [0.15, 0.2) is 5.75 Å². The first-order valence-electron chi connectivity index (χ1n) is 8.57. The van der Waals surface area contributed by atoms with Crippen molar-refractivity contribution in [3.63, 3.8) is 0 Å². The van der Waals surface area contributed by atoms with Gasteiger partial charge in [-0.05, 0) is 25.5 Å². The summed E-state index contributed by atoms with van der Waals surface area (Å²) in [5.74, 6) is 1.67. The zero-order valence-electron chi connectivity index (χ0n) is 15.0. The van der Waals surface area contributed by atoms with Gasteiger partial charge in [0.2, 0.25) is 11.3 Å². The number of amides is 1. The summed E-state index contributed by atoms with van der Waals surface area (Å²) in [6.07, 6.45) is 2.42. The molecule has 1 aromatic heterocycles. The van der Waals surface area contributed by atoms with Crippen molar-refractivity contribution in [1.29, 1.82) is 0 Å². The number of ether oxygens (including phenoxy) is 2. The third-order valence-electron chi connectivity index (χ3n) is 3.35.